The summed E-state index contributed by atoms with van der Waals surface area (Å²) in [5.74, 6) is -0.332. The minimum Gasteiger partial charge on any atom is -0.396 e. The highest BCUT2D eigenvalue weighted by Crippen LogP contribution is 2.24. The van der Waals surface area contributed by atoms with Crippen LogP contribution in [0.25, 0.3) is 0 Å². The lowest BCUT2D eigenvalue weighted by molar-refractivity contribution is -0.124. The van der Waals surface area contributed by atoms with Gasteiger partial charge >= 0.3 is 0 Å². The van der Waals surface area contributed by atoms with Crippen LogP contribution in [-0.2, 0) is 4.79 Å². The van der Waals surface area contributed by atoms with Crippen molar-refractivity contribution in [3.8, 4) is 0 Å². The molecule has 0 aliphatic rings. The molecule has 26 heavy (non-hydrogen) atoms. The molecule has 0 saturated carbocycles. The van der Waals surface area contributed by atoms with Gasteiger partial charge in [-0.15, -0.1) is 0 Å². The molecule has 2 unspecified atom stereocenters. The third kappa shape index (κ3) is 14.4. The molecule has 3 heteroatoms. The van der Waals surface area contributed by atoms with E-state index in [0.717, 1.165) is 38.5 Å². The van der Waals surface area contributed by atoms with Crippen LogP contribution >= 0.6 is 0 Å². The molecule has 0 aromatic heterocycles. The maximum Gasteiger partial charge on any atom is 0.220 e. The van der Waals surface area contributed by atoms with Gasteiger partial charge in [-0.1, -0.05) is 83.8 Å². The van der Waals surface area contributed by atoms with Gasteiger partial charge in [-0.25, -0.2) is 0 Å². The number of amides is 1. The first-order valence-electron chi connectivity index (χ1n) is 11.2. The van der Waals surface area contributed by atoms with E-state index in [9.17, 15) is 9.90 Å². The van der Waals surface area contributed by atoms with E-state index in [1.807, 2.05) is 0 Å². The third-order valence-corrected chi connectivity index (χ3v) is 5.37. The van der Waals surface area contributed by atoms with Crippen molar-refractivity contribution in [1.29, 1.82) is 0 Å². The molecule has 0 aromatic rings. The van der Waals surface area contributed by atoms with Crippen LogP contribution in [-0.4, -0.2) is 17.6 Å². The second-order valence-electron chi connectivity index (χ2n) is 7.76. The summed E-state index contributed by atoms with van der Waals surface area (Å²) in [4.78, 5) is 11.7. The molecule has 1 amide bonds. The fourth-order valence-corrected chi connectivity index (χ4v) is 3.58. The zero-order valence-electron chi connectivity index (χ0n) is 17.6. The monoisotopic (exact) mass is 367 g/mol. The van der Waals surface area contributed by atoms with Gasteiger partial charge < -0.3 is 10.8 Å². The Kier molecular flexibility index (Phi) is 18.3. The van der Waals surface area contributed by atoms with Crippen molar-refractivity contribution in [2.75, 3.05) is 6.61 Å². The van der Waals surface area contributed by atoms with Crippen molar-refractivity contribution in [1.82, 2.24) is 0 Å². The molecular weight excluding hydrogens is 322 g/mol. The van der Waals surface area contributed by atoms with Crippen LogP contribution in [0.2, 0.25) is 0 Å². The lowest BCUT2D eigenvalue weighted by Crippen LogP contribution is -2.32. The van der Waals surface area contributed by atoms with Crippen molar-refractivity contribution in [2.24, 2.45) is 17.6 Å². The molecule has 3 nitrogen and oxygen atoms in total. The molecule has 0 aromatic carbocycles. The maximum atomic E-state index is 11.7. The van der Waals surface area contributed by atoms with Gasteiger partial charge in [0.2, 0.25) is 5.91 Å². The summed E-state index contributed by atoms with van der Waals surface area (Å²) >= 11 is 0. The van der Waals surface area contributed by atoms with Crippen LogP contribution in [0.5, 0.6) is 0 Å². The number of aliphatic hydroxyl groups excluding tert-OH is 1. The Morgan fingerprint density at radius 1 is 0.808 bits per heavy atom. The SMILES string of the molecule is CCCCCC/C=C\CCCCCCCC(C(N)=O)C(CO)CCCC. The summed E-state index contributed by atoms with van der Waals surface area (Å²) in [6, 6.07) is 0. The highest BCUT2D eigenvalue weighted by Gasteiger charge is 2.24. The molecule has 0 heterocycles. The lowest BCUT2D eigenvalue weighted by Gasteiger charge is -2.22. The molecule has 154 valence electrons. The molecule has 3 N–H and O–H groups in total. The van der Waals surface area contributed by atoms with Crippen LogP contribution in [0.1, 0.15) is 110 Å². The highest BCUT2D eigenvalue weighted by molar-refractivity contribution is 5.76. The van der Waals surface area contributed by atoms with Crippen molar-refractivity contribution >= 4 is 5.91 Å². The molecule has 0 fully saturated rings. The zero-order valence-corrected chi connectivity index (χ0v) is 17.6. The first-order valence-corrected chi connectivity index (χ1v) is 11.2. The van der Waals surface area contributed by atoms with Crippen molar-refractivity contribution < 1.29 is 9.90 Å². The average Bonchev–Trinajstić information content (AvgIpc) is 2.63. The van der Waals surface area contributed by atoms with Crippen molar-refractivity contribution in [3.05, 3.63) is 12.2 Å². The highest BCUT2D eigenvalue weighted by atomic mass is 16.3. The van der Waals surface area contributed by atoms with Gasteiger partial charge in [-0.2, -0.15) is 0 Å². The van der Waals surface area contributed by atoms with Crippen LogP contribution in [0.15, 0.2) is 12.2 Å². The molecule has 0 spiro atoms. The van der Waals surface area contributed by atoms with E-state index in [0.29, 0.717) is 0 Å². The van der Waals surface area contributed by atoms with Crippen molar-refractivity contribution in [2.45, 2.75) is 110 Å². The van der Waals surface area contributed by atoms with E-state index in [4.69, 9.17) is 5.73 Å². The summed E-state index contributed by atoms with van der Waals surface area (Å²) < 4.78 is 0. The Bertz CT molecular complexity index is 341. The Morgan fingerprint density at radius 3 is 1.88 bits per heavy atom. The zero-order chi connectivity index (χ0) is 19.5. The van der Waals surface area contributed by atoms with E-state index in [1.54, 1.807) is 0 Å². The van der Waals surface area contributed by atoms with Crippen molar-refractivity contribution in [3.63, 3.8) is 0 Å². The summed E-state index contributed by atoms with van der Waals surface area (Å²) in [5, 5.41) is 9.56. The third-order valence-electron chi connectivity index (χ3n) is 5.37. The van der Waals surface area contributed by atoms with Crippen LogP contribution < -0.4 is 5.73 Å². The Balaban J connectivity index is 3.69. The quantitative estimate of drug-likeness (QED) is 0.213. The van der Waals surface area contributed by atoms with Gasteiger partial charge in [0.05, 0.1) is 0 Å². The summed E-state index contributed by atoms with van der Waals surface area (Å²) in [5.41, 5.74) is 5.57. The standard InChI is InChI=1S/C23H45NO2/c1-3-5-7-8-9-10-11-12-13-14-15-16-17-19-22(23(24)26)21(20-25)18-6-4-2/h10-11,21-22,25H,3-9,12-20H2,1-2H3,(H2,24,26)/b11-10-. The number of carbonyl (C=O) groups is 1. The van der Waals surface area contributed by atoms with E-state index in [2.05, 4.69) is 26.0 Å². The predicted molar refractivity (Wildman–Crippen MR) is 113 cm³/mol. The van der Waals surface area contributed by atoms with E-state index in [-0.39, 0.29) is 24.3 Å². The number of nitrogens with two attached hydrogens (primary N) is 1. The average molecular weight is 368 g/mol. The molecule has 2 atom stereocenters. The first kappa shape index (κ1) is 25.2. The number of hydrogen-bond acceptors (Lipinski definition) is 2. The van der Waals surface area contributed by atoms with E-state index in [1.165, 1.54) is 57.8 Å². The maximum absolute atomic E-state index is 11.7. The van der Waals surface area contributed by atoms with Crippen LogP contribution in [0.4, 0.5) is 0 Å². The molecule has 0 aliphatic heterocycles. The molecule has 0 rings (SSSR count). The predicted octanol–water partition coefficient (Wildman–Crippen LogP) is 6.14. The van der Waals surface area contributed by atoms with Crippen LogP contribution in [0.3, 0.4) is 0 Å². The number of allylic oxidation sites excluding steroid dienone is 2. The van der Waals surface area contributed by atoms with Gasteiger partial charge in [0.15, 0.2) is 0 Å². The summed E-state index contributed by atoms with van der Waals surface area (Å²) in [7, 11) is 0. The molecule has 0 bridgehead atoms. The number of carbonyl (C=O) groups excluding carboxylic acids is 1. The Morgan fingerprint density at radius 2 is 1.35 bits per heavy atom. The first-order chi connectivity index (χ1) is 12.7. The van der Waals surface area contributed by atoms with Gasteiger partial charge in [-0.3, -0.25) is 4.79 Å². The number of rotatable bonds is 19. The number of hydrogen-bond donors (Lipinski definition) is 2. The summed E-state index contributed by atoms with van der Waals surface area (Å²) in [6.07, 6.45) is 22.3. The number of unbranched alkanes of at least 4 members (excludes halogenated alkanes) is 10. The molecule has 0 radical (unpaired) electrons. The van der Waals surface area contributed by atoms with Gasteiger partial charge in [0, 0.05) is 12.5 Å². The molecule has 0 aliphatic carbocycles. The topological polar surface area (TPSA) is 63.3 Å². The second-order valence-corrected chi connectivity index (χ2v) is 7.76. The van der Waals surface area contributed by atoms with E-state index < -0.39 is 0 Å². The van der Waals surface area contributed by atoms with Crippen LogP contribution in [0, 0.1) is 11.8 Å². The molecular formula is C23H45NO2. The molecule has 0 saturated heterocycles. The fourth-order valence-electron chi connectivity index (χ4n) is 3.58. The van der Waals surface area contributed by atoms with Gasteiger partial charge in [0.25, 0.3) is 0 Å². The number of aliphatic hydroxyl groups is 1. The van der Waals surface area contributed by atoms with E-state index >= 15 is 0 Å². The Labute approximate surface area is 162 Å². The minimum absolute atomic E-state index is 0.0508. The van der Waals surface area contributed by atoms with Gasteiger partial charge in [-0.05, 0) is 44.4 Å². The largest absolute Gasteiger partial charge is 0.396 e. The van der Waals surface area contributed by atoms with Gasteiger partial charge in [0.1, 0.15) is 0 Å². The lowest BCUT2D eigenvalue weighted by atomic mass is 9.84. The second kappa shape index (κ2) is 18.9. The fraction of sp³-hybridized carbons (Fsp3) is 0.870. The Hall–Kier alpha value is -0.830. The normalized spacial score (nSPS) is 14.0. The minimum atomic E-state index is -0.232. The summed E-state index contributed by atoms with van der Waals surface area (Å²) in [6.45, 7) is 4.47. The smallest absolute Gasteiger partial charge is 0.220 e. The number of primary amides is 1.